The molecule has 0 spiro atoms. The van der Waals surface area contributed by atoms with E-state index in [1.54, 1.807) is 0 Å². The lowest BCUT2D eigenvalue weighted by Gasteiger charge is -2.32. The van der Waals surface area contributed by atoms with Crippen LogP contribution in [0.5, 0.6) is 0 Å². The zero-order valence-corrected chi connectivity index (χ0v) is 17.6. The summed E-state index contributed by atoms with van der Waals surface area (Å²) in [4.78, 5) is 15.9. The van der Waals surface area contributed by atoms with Crippen LogP contribution >= 0.6 is 0 Å². The van der Waals surface area contributed by atoms with E-state index in [-0.39, 0.29) is 12.0 Å². The highest BCUT2D eigenvalue weighted by molar-refractivity contribution is 5.81. The number of nitrogens with two attached hydrogens (primary N) is 1. The number of nitrogen functional groups attached to an aromatic ring is 1. The predicted octanol–water partition coefficient (Wildman–Crippen LogP) is 1.96. The number of pyridine rings is 1. The Morgan fingerprint density at radius 2 is 2.07 bits per heavy atom. The average Bonchev–Trinajstić information content (AvgIpc) is 3.13. The zero-order valence-electron chi connectivity index (χ0n) is 17.6. The van der Waals surface area contributed by atoms with Gasteiger partial charge in [0.05, 0.1) is 34.2 Å². The highest BCUT2D eigenvalue weighted by Crippen LogP contribution is 2.32. The predicted molar refractivity (Wildman–Crippen MR) is 118 cm³/mol. The number of hydrogen-bond donors (Lipinski definition) is 3. The molecule has 30 heavy (non-hydrogen) atoms. The minimum Gasteiger partial charge on any atom is -0.368 e. The monoisotopic (exact) mass is 405 g/mol. The van der Waals surface area contributed by atoms with Crippen LogP contribution < -0.4 is 21.3 Å². The standard InChI is InChI=1S/C21H27N9/c1-4-15-14(12-22)20(28-21(23)27-15)25-13(2)19-18(30-9-6-24-7-10-30)11-17-16(26-19)5-8-29(17)3/h5,8,11,13,24H,4,6-7,9-10H2,1-3H3,(H3,23,25,27,28). The van der Waals surface area contributed by atoms with E-state index in [0.717, 1.165) is 48.6 Å². The van der Waals surface area contributed by atoms with Crippen LogP contribution in [0.4, 0.5) is 17.5 Å². The molecule has 0 aliphatic carbocycles. The first kappa shape index (κ1) is 19.9. The van der Waals surface area contributed by atoms with Gasteiger partial charge in [0.15, 0.2) is 0 Å². The lowest BCUT2D eigenvalue weighted by molar-refractivity contribution is 0.585. The molecule has 1 aliphatic heterocycles. The molecule has 3 aromatic rings. The third kappa shape index (κ3) is 3.62. The van der Waals surface area contributed by atoms with Crippen LogP contribution in [-0.2, 0) is 13.5 Å². The Hall–Kier alpha value is -3.38. The summed E-state index contributed by atoms with van der Waals surface area (Å²) in [7, 11) is 2.03. The van der Waals surface area contributed by atoms with Gasteiger partial charge in [-0.1, -0.05) is 6.92 Å². The van der Waals surface area contributed by atoms with E-state index < -0.39 is 0 Å². The Morgan fingerprint density at radius 1 is 1.30 bits per heavy atom. The quantitative estimate of drug-likeness (QED) is 0.589. The largest absolute Gasteiger partial charge is 0.368 e. The van der Waals surface area contributed by atoms with Crippen molar-refractivity contribution in [2.24, 2.45) is 7.05 Å². The third-order valence-electron chi connectivity index (χ3n) is 5.54. The fourth-order valence-electron chi connectivity index (χ4n) is 3.94. The maximum Gasteiger partial charge on any atom is 0.222 e. The van der Waals surface area contributed by atoms with Crippen LogP contribution in [-0.4, -0.2) is 45.7 Å². The Kier molecular flexibility index (Phi) is 5.42. The number of fused-ring (bicyclic) bond motifs is 1. The highest BCUT2D eigenvalue weighted by atomic mass is 15.2. The first-order valence-electron chi connectivity index (χ1n) is 10.3. The van der Waals surface area contributed by atoms with Gasteiger partial charge >= 0.3 is 0 Å². The van der Waals surface area contributed by atoms with Crippen molar-refractivity contribution in [1.29, 1.82) is 5.26 Å². The molecule has 4 rings (SSSR count). The molecule has 4 heterocycles. The summed E-state index contributed by atoms with van der Waals surface area (Å²) in [6, 6.07) is 6.28. The summed E-state index contributed by atoms with van der Waals surface area (Å²) in [6.07, 6.45) is 2.63. The molecular weight excluding hydrogens is 378 g/mol. The molecule has 1 saturated heterocycles. The number of nitriles is 1. The number of aromatic nitrogens is 4. The highest BCUT2D eigenvalue weighted by Gasteiger charge is 2.23. The third-order valence-corrected chi connectivity index (χ3v) is 5.54. The van der Waals surface area contributed by atoms with Gasteiger partial charge in [0.2, 0.25) is 5.95 Å². The van der Waals surface area contributed by atoms with Gasteiger partial charge in [-0.25, -0.2) is 9.97 Å². The van der Waals surface area contributed by atoms with Crippen LogP contribution in [0.25, 0.3) is 11.0 Å². The summed E-state index contributed by atoms with van der Waals surface area (Å²) in [6.45, 7) is 7.69. The first-order valence-corrected chi connectivity index (χ1v) is 10.3. The lowest BCUT2D eigenvalue weighted by atomic mass is 10.1. The van der Waals surface area contributed by atoms with E-state index in [0.29, 0.717) is 23.5 Å². The molecule has 9 nitrogen and oxygen atoms in total. The molecule has 9 heteroatoms. The van der Waals surface area contributed by atoms with Crippen molar-refractivity contribution in [3.8, 4) is 6.07 Å². The van der Waals surface area contributed by atoms with Gasteiger partial charge in [-0.3, -0.25) is 0 Å². The molecule has 0 amide bonds. The van der Waals surface area contributed by atoms with Gasteiger partial charge in [-0.05, 0) is 25.5 Å². The SMILES string of the molecule is CCc1nc(N)nc(NC(C)c2nc3ccn(C)c3cc2N2CCNCC2)c1C#N. The van der Waals surface area contributed by atoms with Gasteiger partial charge in [-0.15, -0.1) is 0 Å². The van der Waals surface area contributed by atoms with E-state index in [1.165, 1.54) is 0 Å². The molecule has 1 unspecified atom stereocenters. The number of hydrogen-bond acceptors (Lipinski definition) is 8. The van der Waals surface area contributed by atoms with Gasteiger partial charge in [-0.2, -0.15) is 10.2 Å². The molecule has 156 valence electrons. The molecule has 0 saturated carbocycles. The minimum atomic E-state index is -0.175. The molecule has 0 bridgehead atoms. The summed E-state index contributed by atoms with van der Waals surface area (Å²) >= 11 is 0. The smallest absolute Gasteiger partial charge is 0.222 e. The van der Waals surface area contributed by atoms with Crippen molar-refractivity contribution in [1.82, 2.24) is 24.8 Å². The Balaban J connectivity index is 1.77. The van der Waals surface area contributed by atoms with Gasteiger partial charge in [0, 0.05) is 39.4 Å². The normalized spacial score (nSPS) is 15.2. The van der Waals surface area contributed by atoms with Crippen LogP contribution in [0.15, 0.2) is 18.3 Å². The van der Waals surface area contributed by atoms with Crippen molar-refractivity contribution in [3.05, 3.63) is 35.3 Å². The second-order valence-corrected chi connectivity index (χ2v) is 7.54. The van der Waals surface area contributed by atoms with Crippen molar-refractivity contribution in [2.75, 3.05) is 42.1 Å². The second kappa shape index (κ2) is 8.16. The number of nitrogens with one attached hydrogen (secondary N) is 2. The summed E-state index contributed by atoms with van der Waals surface area (Å²) in [5, 5.41) is 16.4. The zero-order chi connectivity index (χ0) is 21.3. The van der Waals surface area contributed by atoms with E-state index in [4.69, 9.17) is 10.7 Å². The molecule has 0 aromatic carbocycles. The van der Waals surface area contributed by atoms with Crippen LogP contribution in [0, 0.1) is 11.3 Å². The van der Waals surface area contributed by atoms with Crippen molar-refractivity contribution in [3.63, 3.8) is 0 Å². The van der Waals surface area contributed by atoms with Crippen molar-refractivity contribution >= 4 is 28.5 Å². The van der Waals surface area contributed by atoms with Crippen LogP contribution in [0.1, 0.15) is 36.8 Å². The second-order valence-electron chi connectivity index (χ2n) is 7.54. The van der Waals surface area contributed by atoms with Crippen molar-refractivity contribution in [2.45, 2.75) is 26.3 Å². The number of aryl methyl sites for hydroxylation is 2. The van der Waals surface area contributed by atoms with Crippen molar-refractivity contribution < 1.29 is 0 Å². The van der Waals surface area contributed by atoms with E-state index >= 15 is 0 Å². The van der Waals surface area contributed by atoms with Gasteiger partial charge < -0.3 is 25.8 Å². The fraction of sp³-hybridized carbons (Fsp3) is 0.429. The Bertz CT molecular complexity index is 1110. The molecular formula is C21H27N9. The molecule has 1 aliphatic rings. The fourth-order valence-corrected chi connectivity index (χ4v) is 3.94. The first-order chi connectivity index (χ1) is 14.5. The Morgan fingerprint density at radius 3 is 2.77 bits per heavy atom. The molecule has 1 fully saturated rings. The molecule has 1 atom stereocenters. The number of anilines is 3. The van der Waals surface area contributed by atoms with E-state index in [2.05, 4.69) is 42.2 Å². The molecule has 4 N–H and O–H groups in total. The van der Waals surface area contributed by atoms with Gasteiger partial charge in [0.25, 0.3) is 0 Å². The van der Waals surface area contributed by atoms with E-state index in [9.17, 15) is 5.26 Å². The average molecular weight is 406 g/mol. The summed E-state index contributed by atoms with van der Waals surface area (Å²) < 4.78 is 2.09. The number of nitrogens with zero attached hydrogens (tertiary/aromatic N) is 6. The van der Waals surface area contributed by atoms with Crippen LogP contribution in [0.2, 0.25) is 0 Å². The Labute approximate surface area is 175 Å². The lowest BCUT2D eigenvalue weighted by Crippen LogP contribution is -2.44. The molecule has 0 radical (unpaired) electrons. The number of piperazine rings is 1. The topological polar surface area (TPSA) is 121 Å². The maximum absolute atomic E-state index is 9.66. The summed E-state index contributed by atoms with van der Waals surface area (Å²) in [5.41, 5.74) is 11.0. The van der Waals surface area contributed by atoms with E-state index in [1.807, 2.05) is 33.2 Å². The minimum absolute atomic E-state index is 0.161. The van der Waals surface area contributed by atoms with Crippen LogP contribution in [0.3, 0.4) is 0 Å². The summed E-state index contributed by atoms with van der Waals surface area (Å²) in [5.74, 6) is 0.616. The van der Waals surface area contributed by atoms with Gasteiger partial charge in [0.1, 0.15) is 17.5 Å². The number of rotatable bonds is 5. The maximum atomic E-state index is 9.66. The molecule has 3 aromatic heterocycles.